The van der Waals surface area contributed by atoms with E-state index in [1.165, 1.54) is 0 Å². The summed E-state index contributed by atoms with van der Waals surface area (Å²) in [7, 11) is 0. The largest absolute Gasteiger partial charge is 0.487 e. The average molecular weight is 220 g/mol. The van der Waals surface area contributed by atoms with Crippen molar-refractivity contribution in [2.45, 2.75) is 37.6 Å². The van der Waals surface area contributed by atoms with Gasteiger partial charge in [-0.3, -0.25) is 0 Å². The van der Waals surface area contributed by atoms with Gasteiger partial charge >= 0.3 is 0 Å². The van der Waals surface area contributed by atoms with E-state index in [4.69, 9.17) is 9.47 Å². The van der Waals surface area contributed by atoms with Crippen LogP contribution in [0.15, 0.2) is 24.3 Å². The Kier molecular flexibility index (Phi) is 2.58. The van der Waals surface area contributed by atoms with Crippen LogP contribution in [0.25, 0.3) is 0 Å². The second-order valence-corrected chi connectivity index (χ2v) is 4.50. The van der Waals surface area contributed by atoms with Crippen LogP contribution in [0.5, 0.6) is 5.75 Å². The number of para-hydroxylation sites is 1. The Labute approximate surface area is 95.0 Å². The van der Waals surface area contributed by atoms with E-state index in [1.807, 2.05) is 24.3 Å². The lowest BCUT2D eigenvalue weighted by atomic mass is 9.95. The minimum absolute atomic E-state index is 0.00685. The van der Waals surface area contributed by atoms with Gasteiger partial charge in [0.05, 0.1) is 12.2 Å². The Morgan fingerprint density at radius 1 is 1.19 bits per heavy atom. The molecular formula is C13H16O3. The van der Waals surface area contributed by atoms with Crippen molar-refractivity contribution in [3.05, 3.63) is 29.8 Å². The monoisotopic (exact) mass is 220 g/mol. The zero-order valence-corrected chi connectivity index (χ0v) is 9.13. The van der Waals surface area contributed by atoms with Gasteiger partial charge in [-0.2, -0.15) is 0 Å². The first-order chi connectivity index (χ1) is 7.84. The molecule has 3 atom stereocenters. The minimum Gasteiger partial charge on any atom is -0.487 e. The van der Waals surface area contributed by atoms with Gasteiger partial charge in [0.2, 0.25) is 0 Å². The van der Waals surface area contributed by atoms with Gasteiger partial charge in [0, 0.05) is 18.6 Å². The zero-order valence-electron chi connectivity index (χ0n) is 9.13. The molecule has 1 aromatic rings. The van der Waals surface area contributed by atoms with Gasteiger partial charge in [-0.05, 0) is 18.9 Å². The summed E-state index contributed by atoms with van der Waals surface area (Å²) >= 11 is 0. The van der Waals surface area contributed by atoms with E-state index in [-0.39, 0.29) is 12.2 Å². The summed E-state index contributed by atoms with van der Waals surface area (Å²) in [6.45, 7) is 0.822. The third kappa shape index (κ3) is 1.70. The molecule has 0 aromatic heterocycles. The van der Waals surface area contributed by atoms with E-state index >= 15 is 0 Å². The summed E-state index contributed by atoms with van der Waals surface area (Å²) in [4.78, 5) is 0. The Morgan fingerprint density at radius 2 is 2.06 bits per heavy atom. The molecule has 0 saturated carbocycles. The van der Waals surface area contributed by atoms with Crippen LogP contribution in [-0.2, 0) is 4.74 Å². The standard InChI is InChI=1S/C13H16O3/c14-10-8-13(12-6-3-7-15-12)16-11-5-2-1-4-9(10)11/h1-2,4-5,10,12-14H,3,6-8H2/t10-,12?,13?/m1/s1. The van der Waals surface area contributed by atoms with Gasteiger partial charge in [-0.15, -0.1) is 0 Å². The Balaban J connectivity index is 1.83. The quantitative estimate of drug-likeness (QED) is 0.787. The molecule has 0 spiro atoms. The maximum Gasteiger partial charge on any atom is 0.128 e. The molecule has 1 fully saturated rings. The molecule has 3 nitrogen and oxygen atoms in total. The molecule has 0 radical (unpaired) electrons. The molecule has 2 heterocycles. The second kappa shape index (κ2) is 4.07. The molecule has 3 rings (SSSR count). The van der Waals surface area contributed by atoms with Crippen LogP contribution in [0, 0.1) is 0 Å². The Bertz CT molecular complexity index is 371. The Morgan fingerprint density at radius 3 is 2.88 bits per heavy atom. The van der Waals surface area contributed by atoms with E-state index in [9.17, 15) is 5.11 Å². The van der Waals surface area contributed by atoms with Crippen LogP contribution in [0.1, 0.15) is 30.9 Å². The van der Waals surface area contributed by atoms with Gasteiger partial charge in [-0.1, -0.05) is 18.2 Å². The summed E-state index contributed by atoms with van der Waals surface area (Å²) in [5, 5.41) is 10.1. The average Bonchev–Trinajstić information content (AvgIpc) is 2.82. The van der Waals surface area contributed by atoms with Crippen molar-refractivity contribution < 1.29 is 14.6 Å². The SMILES string of the molecule is O[C@@H]1CC(C2CCCO2)Oc2ccccc21. The van der Waals surface area contributed by atoms with E-state index in [0.717, 1.165) is 30.8 Å². The fourth-order valence-corrected chi connectivity index (χ4v) is 2.54. The fourth-order valence-electron chi connectivity index (χ4n) is 2.54. The van der Waals surface area contributed by atoms with Crippen molar-refractivity contribution in [3.63, 3.8) is 0 Å². The second-order valence-electron chi connectivity index (χ2n) is 4.50. The fraction of sp³-hybridized carbons (Fsp3) is 0.538. The predicted molar refractivity (Wildman–Crippen MR) is 59.4 cm³/mol. The normalized spacial score (nSPS) is 33.2. The first kappa shape index (κ1) is 10.1. The van der Waals surface area contributed by atoms with Gasteiger partial charge in [-0.25, -0.2) is 0 Å². The molecule has 1 N–H and O–H groups in total. The van der Waals surface area contributed by atoms with E-state index < -0.39 is 6.10 Å². The number of fused-ring (bicyclic) bond motifs is 1. The minimum atomic E-state index is -0.417. The zero-order chi connectivity index (χ0) is 11.0. The first-order valence-electron chi connectivity index (χ1n) is 5.90. The number of ether oxygens (including phenoxy) is 2. The highest BCUT2D eigenvalue weighted by atomic mass is 16.5. The summed E-state index contributed by atoms with van der Waals surface area (Å²) in [6, 6.07) is 7.70. The lowest BCUT2D eigenvalue weighted by molar-refractivity contribution is -0.0271. The first-order valence-corrected chi connectivity index (χ1v) is 5.90. The van der Waals surface area contributed by atoms with Crippen molar-refractivity contribution in [2.24, 2.45) is 0 Å². The highest BCUT2D eigenvalue weighted by Crippen LogP contribution is 2.37. The van der Waals surface area contributed by atoms with Gasteiger partial charge in [0.25, 0.3) is 0 Å². The number of hydrogen-bond donors (Lipinski definition) is 1. The predicted octanol–water partition coefficient (Wildman–Crippen LogP) is 2.05. The summed E-state index contributed by atoms with van der Waals surface area (Å²) in [5.41, 5.74) is 0.900. The smallest absolute Gasteiger partial charge is 0.128 e. The summed E-state index contributed by atoms with van der Waals surface area (Å²) in [6.07, 6.45) is 2.53. The maximum atomic E-state index is 10.1. The number of aliphatic hydroxyl groups is 1. The van der Waals surface area contributed by atoms with Crippen LogP contribution in [0.4, 0.5) is 0 Å². The van der Waals surface area contributed by atoms with Gasteiger partial charge in [0.1, 0.15) is 11.9 Å². The van der Waals surface area contributed by atoms with Crippen molar-refractivity contribution in [1.82, 2.24) is 0 Å². The molecule has 2 unspecified atom stereocenters. The van der Waals surface area contributed by atoms with Crippen LogP contribution >= 0.6 is 0 Å². The number of hydrogen-bond acceptors (Lipinski definition) is 3. The van der Waals surface area contributed by atoms with Crippen molar-refractivity contribution in [3.8, 4) is 5.75 Å². The molecule has 1 saturated heterocycles. The van der Waals surface area contributed by atoms with Crippen LogP contribution in [0.2, 0.25) is 0 Å². The molecule has 3 heteroatoms. The lowest BCUT2D eigenvalue weighted by Gasteiger charge is -2.32. The number of aliphatic hydroxyl groups excluding tert-OH is 1. The third-order valence-corrected chi connectivity index (χ3v) is 3.39. The molecule has 16 heavy (non-hydrogen) atoms. The molecule has 0 bridgehead atoms. The summed E-state index contributed by atoms with van der Waals surface area (Å²) in [5.74, 6) is 0.807. The third-order valence-electron chi connectivity index (χ3n) is 3.39. The van der Waals surface area contributed by atoms with E-state index in [2.05, 4.69) is 0 Å². The van der Waals surface area contributed by atoms with Gasteiger partial charge in [0.15, 0.2) is 0 Å². The number of rotatable bonds is 1. The van der Waals surface area contributed by atoms with E-state index in [1.54, 1.807) is 0 Å². The Hall–Kier alpha value is -1.06. The van der Waals surface area contributed by atoms with Crippen LogP contribution < -0.4 is 4.74 Å². The molecule has 2 aliphatic heterocycles. The molecular weight excluding hydrogens is 204 g/mol. The van der Waals surface area contributed by atoms with E-state index in [0.29, 0.717) is 6.42 Å². The number of benzene rings is 1. The molecule has 1 aromatic carbocycles. The molecule has 86 valence electrons. The lowest BCUT2D eigenvalue weighted by Crippen LogP contribution is -2.36. The van der Waals surface area contributed by atoms with Crippen LogP contribution in [0.3, 0.4) is 0 Å². The van der Waals surface area contributed by atoms with Crippen molar-refractivity contribution in [2.75, 3.05) is 6.61 Å². The highest BCUT2D eigenvalue weighted by molar-refractivity contribution is 5.37. The van der Waals surface area contributed by atoms with Gasteiger partial charge < -0.3 is 14.6 Å². The molecule has 2 aliphatic rings. The topological polar surface area (TPSA) is 38.7 Å². The van der Waals surface area contributed by atoms with Crippen molar-refractivity contribution >= 4 is 0 Å². The van der Waals surface area contributed by atoms with Crippen LogP contribution in [-0.4, -0.2) is 23.9 Å². The maximum absolute atomic E-state index is 10.1. The molecule has 0 aliphatic carbocycles. The summed E-state index contributed by atoms with van der Waals surface area (Å²) < 4.78 is 11.5. The molecule has 0 amide bonds. The van der Waals surface area contributed by atoms with Crippen molar-refractivity contribution in [1.29, 1.82) is 0 Å². The highest BCUT2D eigenvalue weighted by Gasteiger charge is 2.34.